The number of hydrogen-bond acceptors (Lipinski definition) is 4. The Balaban J connectivity index is 1.47. The minimum absolute atomic E-state index is 0.586. The van der Waals surface area contributed by atoms with Gasteiger partial charge in [-0.25, -0.2) is 0 Å². The maximum Gasteiger partial charge on any atom is 0.0992 e. The Kier molecular flexibility index (Phi) is 6.21. The van der Waals surface area contributed by atoms with E-state index in [2.05, 4.69) is 107 Å². The van der Waals surface area contributed by atoms with Gasteiger partial charge in [0.1, 0.15) is 0 Å². The van der Waals surface area contributed by atoms with Crippen LogP contribution in [-0.2, 0) is 0 Å². The molecule has 4 heteroatoms. The predicted octanol–water partition coefficient (Wildman–Crippen LogP) is 9.19. The lowest BCUT2D eigenvalue weighted by atomic mass is 9.85. The van der Waals surface area contributed by atoms with Crippen LogP contribution in [0.2, 0.25) is 0 Å². The lowest BCUT2D eigenvalue weighted by Crippen LogP contribution is -1.92. The number of pyridine rings is 2. The van der Waals surface area contributed by atoms with Gasteiger partial charge in [0.2, 0.25) is 0 Å². The molecular weight excluding hydrogens is 512 g/mol. The van der Waals surface area contributed by atoms with Crippen molar-refractivity contribution in [2.75, 3.05) is 0 Å². The zero-order valence-electron chi connectivity index (χ0n) is 22.5. The average molecular weight is 535 g/mol. The first-order valence-electron chi connectivity index (χ1n) is 13.6. The fourth-order valence-electron chi connectivity index (χ4n) is 5.73. The summed E-state index contributed by atoms with van der Waals surface area (Å²) in [7, 11) is 0. The van der Waals surface area contributed by atoms with E-state index in [-0.39, 0.29) is 0 Å². The van der Waals surface area contributed by atoms with Crippen molar-refractivity contribution in [3.8, 4) is 56.9 Å². The molecule has 194 valence electrons. The Morgan fingerprint density at radius 1 is 0.405 bits per heavy atom. The molecule has 0 aliphatic carbocycles. The van der Waals surface area contributed by atoms with E-state index in [0.717, 1.165) is 66.3 Å². The number of benzene rings is 5. The maximum atomic E-state index is 9.41. The molecule has 2 heterocycles. The minimum Gasteiger partial charge on any atom is -0.256 e. The third-order valence-corrected chi connectivity index (χ3v) is 7.60. The summed E-state index contributed by atoms with van der Waals surface area (Å²) in [6.07, 6.45) is 3.36. The van der Waals surface area contributed by atoms with Crippen LogP contribution in [0.5, 0.6) is 0 Å². The number of rotatable bonds is 4. The number of hydrogen-bond donors (Lipinski definition) is 0. The van der Waals surface area contributed by atoms with Crippen LogP contribution < -0.4 is 0 Å². The largest absolute Gasteiger partial charge is 0.256 e. The van der Waals surface area contributed by atoms with Gasteiger partial charge in [0.25, 0.3) is 0 Å². The Hall–Kier alpha value is -6.10. The fourth-order valence-corrected chi connectivity index (χ4v) is 5.73. The number of fused-ring (bicyclic) bond motifs is 2. The Morgan fingerprint density at radius 3 is 1.17 bits per heavy atom. The molecular formula is C38H22N4. The maximum absolute atomic E-state index is 9.41. The van der Waals surface area contributed by atoms with Crippen LogP contribution in [0.15, 0.2) is 134 Å². The van der Waals surface area contributed by atoms with Crippen LogP contribution in [0.1, 0.15) is 11.1 Å². The van der Waals surface area contributed by atoms with Gasteiger partial charge in [0.05, 0.1) is 34.7 Å². The first-order valence-corrected chi connectivity index (χ1v) is 13.6. The molecule has 0 N–H and O–H groups in total. The molecule has 7 aromatic rings. The first kappa shape index (κ1) is 24.9. The van der Waals surface area contributed by atoms with E-state index >= 15 is 0 Å². The molecule has 42 heavy (non-hydrogen) atoms. The summed E-state index contributed by atoms with van der Waals surface area (Å²) in [6.45, 7) is 0. The van der Waals surface area contributed by atoms with Gasteiger partial charge in [-0.3, -0.25) is 9.97 Å². The van der Waals surface area contributed by atoms with Crippen molar-refractivity contribution in [3.05, 3.63) is 145 Å². The van der Waals surface area contributed by atoms with E-state index in [1.165, 1.54) is 0 Å². The highest BCUT2D eigenvalue weighted by atomic mass is 14.7. The van der Waals surface area contributed by atoms with E-state index in [4.69, 9.17) is 0 Å². The van der Waals surface area contributed by atoms with E-state index in [9.17, 15) is 10.5 Å². The van der Waals surface area contributed by atoms with Crippen LogP contribution in [0.3, 0.4) is 0 Å². The molecule has 4 nitrogen and oxygen atoms in total. The van der Waals surface area contributed by atoms with Gasteiger partial charge >= 0.3 is 0 Å². The molecule has 0 unspecified atom stereocenters. The van der Waals surface area contributed by atoms with Crippen LogP contribution in [0.4, 0.5) is 0 Å². The highest BCUT2D eigenvalue weighted by molar-refractivity contribution is 6.21. The molecule has 5 aromatic carbocycles. The second-order valence-electron chi connectivity index (χ2n) is 10.1. The number of nitriles is 2. The summed E-state index contributed by atoms with van der Waals surface area (Å²) in [5, 5.41) is 23.4. The molecule has 0 fully saturated rings. The normalized spacial score (nSPS) is 10.8. The molecule has 0 atom stereocenters. The highest BCUT2D eigenvalue weighted by Crippen LogP contribution is 2.44. The van der Waals surface area contributed by atoms with Gasteiger partial charge in [-0.15, -0.1) is 0 Å². The third-order valence-electron chi connectivity index (χ3n) is 7.60. The van der Waals surface area contributed by atoms with Crippen LogP contribution in [0, 0.1) is 22.7 Å². The van der Waals surface area contributed by atoms with Gasteiger partial charge in [-0.1, -0.05) is 84.9 Å². The quantitative estimate of drug-likeness (QED) is 0.211. The second kappa shape index (κ2) is 10.5. The fraction of sp³-hybridized carbons (Fsp3) is 0. The molecule has 7 rings (SSSR count). The van der Waals surface area contributed by atoms with Crippen molar-refractivity contribution in [3.63, 3.8) is 0 Å². The van der Waals surface area contributed by atoms with Crippen molar-refractivity contribution in [1.82, 2.24) is 9.97 Å². The zero-order valence-corrected chi connectivity index (χ0v) is 22.5. The molecule has 0 saturated heterocycles. The lowest BCUT2D eigenvalue weighted by molar-refractivity contribution is 1.31. The Labute approximate surface area is 243 Å². The van der Waals surface area contributed by atoms with E-state index < -0.39 is 0 Å². The lowest BCUT2D eigenvalue weighted by Gasteiger charge is -2.18. The molecule has 0 spiro atoms. The molecule has 0 amide bonds. The van der Waals surface area contributed by atoms with Crippen molar-refractivity contribution in [2.24, 2.45) is 0 Å². The third kappa shape index (κ3) is 4.34. The van der Waals surface area contributed by atoms with E-state index in [1.54, 1.807) is 24.5 Å². The summed E-state index contributed by atoms with van der Waals surface area (Å²) in [6, 6.07) is 45.4. The van der Waals surface area contributed by atoms with Crippen molar-refractivity contribution in [1.29, 1.82) is 10.5 Å². The Bertz CT molecular complexity index is 2020. The van der Waals surface area contributed by atoms with Crippen LogP contribution in [-0.4, -0.2) is 9.97 Å². The first-order chi connectivity index (χ1) is 20.7. The monoisotopic (exact) mass is 534 g/mol. The Morgan fingerprint density at radius 2 is 0.786 bits per heavy atom. The van der Waals surface area contributed by atoms with Crippen molar-refractivity contribution in [2.45, 2.75) is 0 Å². The summed E-state index contributed by atoms with van der Waals surface area (Å²) in [5.74, 6) is 0. The standard InChI is InChI=1S/C38H22N4/c39-23-25-15-17-41-35(19-25)27-7-5-9-29(21-27)37-31-11-1-2-12-32(31)38(34-14-4-3-13-33(34)37)30-10-6-8-28(22-30)36-20-26(24-40)16-18-42-36/h1-22H. The minimum atomic E-state index is 0.586. The molecule has 0 aliphatic heterocycles. The van der Waals surface area contributed by atoms with Crippen LogP contribution >= 0.6 is 0 Å². The van der Waals surface area contributed by atoms with Gasteiger partial charge < -0.3 is 0 Å². The smallest absolute Gasteiger partial charge is 0.0992 e. The summed E-state index contributed by atoms with van der Waals surface area (Å²) < 4.78 is 0. The molecule has 0 saturated carbocycles. The summed E-state index contributed by atoms with van der Waals surface area (Å²) >= 11 is 0. The van der Waals surface area contributed by atoms with Gasteiger partial charge in [0.15, 0.2) is 0 Å². The van der Waals surface area contributed by atoms with Crippen molar-refractivity contribution >= 4 is 21.5 Å². The molecule has 0 aliphatic rings. The SMILES string of the molecule is N#Cc1ccnc(-c2cccc(-c3c4ccccc4c(-c4cccc(-c5cc(C#N)ccn5)c4)c4ccccc34)c2)c1. The second-order valence-corrected chi connectivity index (χ2v) is 10.1. The molecule has 2 aromatic heterocycles. The topological polar surface area (TPSA) is 73.4 Å². The van der Waals surface area contributed by atoms with E-state index in [1.807, 2.05) is 24.3 Å². The highest BCUT2D eigenvalue weighted by Gasteiger charge is 2.17. The van der Waals surface area contributed by atoms with Crippen LogP contribution in [0.25, 0.3) is 66.3 Å². The molecule has 0 radical (unpaired) electrons. The van der Waals surface area contributed by atoms with Crippen molar-refractivity contribution < 1.29 is 0 Å². The number of nitrogens with zero attached hydrogens (tertiary/aromatic N) is 4. The van der Waals surface area contributed by atoms with E-state index in [0.29, 0.717) is 11.1 Å². The predicted molar refractivity (Wildman–Crippen MR) is 168 cm³/mol. The summed E-state index contributed by atoms with van der Waals surface area (Å²) in [5.41, 5.74) is 9.11. The molecule has 0 bridgehead atoms. The summed E-state index contributed by atoms with van der Waals surface area (Å²) in [4.78, 5) is 9.08. The zero-order chi connectivity index (χ0) is 28.5. The van der Waals surface area contributed by atoms with Gasteiger partial charge in [-0.05, 0) is 80.2 Å². The average Bonchev–Trinajstić information content (AvgIpc) is 3.07. The van der Waals surface area contributed by atoms with Gasteiger partial charge in [-0.2, -0.15) is 10.5 Å². The van der Waals surface area contributed by atoms with Gasteiger partial charge in [0, 0.05) is 23.5 Å². The number of aromatic nitrogens is 2.